The van der Waals surface area contributed by atoms with E-state index < -0.39 is 0 Å². The summed E-state index contributed by atoms with van der Waals surface area (Å²) in [6.45, 7) is 9.71. The van der Waals surface area contributed by atoms with Gasteiger partial charge in [0, 0.05) is 24.3 Å². The number of nitrogens with two attached hydrogens (primary N) is 1. The van der Waals surface area contributed by atoms with E-state index in [9.17, 15) is 4.79 Å². The Hall–Kier alpha value is -0.970. The number of amides is 1. The number of hydrogen-bond acceptors (Lipinski definition) is 3. The Kier molecular flexibility index (Phi) is 10.5. The smallest absolute Gasteiger partial charge is 0.224 e. The Balaban J connectivity index is 0.00000288. The summed E-state index contributed by atoms with van der Waals surface area (Å²) in [6.07, 6.45) is 4.26. The van der Waals surface area contributed by atoms with Crippen LogP contribution in [0, 0.1) is 5.92 Å². The first-order valence-corrected chi connectivity index (χ1v) is 8.77. The summed E-state index contributed by atoms with van der Waals surface area (Å²) in [5, 5.41) is 3.10. The van der Waals surface area contributed by atoms with Gasteiger partial charge in [-0.15, -0.1) is 24.8 Å². The van der Waals surface area contributed by atoms with E-state index in [1.165, 1.54) is 19.3 Å². The Bertz CT molecular complexity index is 520. The first kappa shape index (κ1) is 24.0. The van der Waals surface area contributed by atoms with Crippen LogP contribution in [0.5, 0.6) is 0 Å². The maximum atomic E-state index is 12.2. The molecule has 0 saturated carbocycles. The zero-order valence-electron chi connectivity index (χ0n) is 15.6. The number of rotatable bonds is 6. The molecule has 6 heteroatoms. The van der Waals surface area contributed by atoms with Crippen molar-refractivity contribution in [3.05, 3.63) is 29.8 Å². The lowest BCUT2D eigenvalue weighted by atomic mass is 9.91. The summed E-state index contributed by atoms with van der Waals surface area (Å²) in [5.41, 5.74) is 7.40. The van der Waals surface area contributed by atoms with Crippen molar-refractivity contribution in [3.8, 4) is 0 Å². The predicted molar refractivity (Wildman–Crippen MR) is 111 cm³/mol. The molecule has 1 heterocycles. The second-order valence-corrected chi connectivity index (χ2v) is 7.37. The summed E-state index contributed by atoms with van der Waals surface area (Å²) in [5.74, 6) is 0.875. The number of halogens is 2. The molecule has 25 heavy (non-hydrogen) atoms. The van der Waals surface area contributed by atoms with Crippen molar-refractivity contribution in [2.24, 2.45) is 5.92 Å². The summed E-state index contributed by atoms with van der Waals surface area (Å²) >= 11 is 0. The van der Waals surface area contributed by atoms with Gasteiger partial charge in [0.1, 0.15) is 0 Å². The molecule has 1 aliphatic rings. The fourth-order valence-electron chi connectivity index (χ4n) is 3.26. The quantitative estimate of drug-likeness (QED) is 0.729. The van der Waals surface area contributed by atoms with Gasteiger partial charge in [0.05, 0.1) is 6.42 Å². The highest BCUT2D eigenvalue weighted by molar-refractivity contribution is 5.85. The van der Waals surface area contributed by atoms with E-state index in [0.717, 1.165) is 30.3 Å². The molecule has 1 aromatic rings. The Morgan fingerprint density at radius 3 is 2.52 bits per heavy atom. The molecule has 0 aliphatic carbocycles. The van der Waals surface area contributed by atoms with E-state index in [-0.39, 0.29) is 36.3 Å². The molecule has 1 saturated heterocycles. The van der Waals surface area contributed by atoms with Crippen LogP contribution in [0.2, 0.25) is 0 Å². The second kappa shape index (κ2) is 10.9. The molecule has 3 N–H and O–H groups in total. The predicted octanol–water partition coefficient (Wildman–Crippen LogP) is 3.67. The molecule has 1 aromatic carbocycles. The number of hydrogen-bond donors (Lipinski definition) is 2. The first-order valence-electron chi connectivity index (χ1n) is 8.77. The van der Waals surface area contributed by atoms with Gasteiger partial charge in [-0.2, -0.15) is 0 Å². The Morgan fingerprint density at radius 1 is 1.28 bits per heavy atom. The van der Waals surface area contributed by atoms with Gasteiger partial charge in [-0.05, 0) is 56.8 Å². The van der Waals surface area contributed by atoms with Crippen molar-refractivity contribution in [3.63, 3.8) is 0 Å². The molecule has 1 fully saturated rings. The van der Waals surface area contributed by atoms with Crippen LogP contribution in [0.1, 0.15) is 45.6 Å². The normalized spacial score (nSPS) is 18.0. The molecule has 144 valence electrons. The number of carbonyl (C=O) groups is 1. The number of benzene rings is 1. The van der Waals surface area contributed by atoms with E-state index in [1.807, 2.05) is 24.3 Å². The number of nitrogens with one attached hydrogen (secondary N) is 1. The number of carbonyl (C=O) groups excluding carboxylic acids is 1. The zero-order chi connectivity index (χ0) is 16.9. The molecule has 0 bridgehead atoms. The maximum absolute atomic E-state index is 12.2. The topological polar surface area (TPSA) is 58.4 Å². The van der Waals surface area contributed by atoms with E-state index in [2.05, 4.69) is 31.0 Å². The van der Waals surface area contributed by atoms with Crippen LogP contribution in [0.15, 0.2) is 24.3 Å². The minimum atomic E-state index is 0. The average molecular weight is 390 g/mol. The van der Waals surface area contributed by atoms with Crippen molar-refractivity contribution in [1.29, 1.82) is 0 Å². The number of nitrogen functional groups attached to an aromatic ring is 1. The number of likely N-dealkylation sites (tertiary alicyclic amines) is 1. The summed E-state index contributed by atoms with van der Waals surface area (Å²) in [4.78, 5) is 14.7. The highest BCUT2D eigenvalue weighted by Crippen LogP contribution is 2.25. The summed E-state index contributed by atoms with van der Waals surface area (Å²) in [6, 6.07) is 7.50. The SMILES string of the molecule is CCC1CCCN(C(C)(C)CNC(=O)Cc2ccc(N)cc2)C1.Cl.Cl. The molecule has 1 amide bonds. The highest BCUT2D eigenvalue weighted by atomic mass is 35.5. The van der Waals surface area contributed by atoms with E-state index in [0.29, 0.717) is 13.0 Å². The summed E-state index contributed by atoms with van der Waals surface area (Å²) in [7, 11) is 0. The molecule has 1 atom stereocenters. The largest absolute Gasteiger partial charge is 0.399 e. The molecule has 0 radical (unpaired) electrons. The number of piperidine rings is 1. The minimum Gasteiger partial charge on any atom is -0.399 e. The van der Waals surface area contributed by atoms with Gasteiger partial charge in [-0.3, -0.25) is 9.69 Å². The van der Waals surface area contributed by atoms with Crippen LogP contribution < -0.4 is 11.1 Å². The molecule has 4 nitrogen and oxygen atoms in total. The van der Waals surface area contributed by atoms with E-state index in [1.54, 1.807) is 0 Å². The molecule has 1 aliphatic heterocycles. The lowest BCUT2D eigenvalue weighted by Gasteiger charge is -2.43. The van der Waals surface area contributed by atoms with Gasteiger partial charge in [-0.1, -0.05) is 25.5 Å². The van der Waals surface area contributed by atoms with Crippen LogP contribution in [0.4, 0.5) is 5.69 Å². The molecule has 1 unspecified atom stereocenters. The van der Waals surface area contributed by atoms with Crippen LogP contribution in [-0.2, 0) is 11.2 Å². The fourth-order valence-corrected chi connectivity index (χ4v) is 3.26. The standard InChI is InChI=1S/C19H31N3O.2ClH/c1-4-15-6-5-11-22(13-15)19(2,3)14-21-18(23)12-16-7-9-17(20)10-8-16;;/h7-10,15H,4-6,11-14,20H2,1-3H3,(H,21,23);2*1H. The molecular weight excluding hydrogens is 357 g/mol. The van der Waals surface area contributed by atoms with Gasteiger partial charge in [0.25, 0.3) is 0 Å². The van der Waals surface area contributed by atoms with Crippen LogP contribution >= 0.6 is 24.8 Å². The van der Waals surface area contributed by atoms with Crippen molar-refractivity contribution in [1.82, 2.24) is 10.2 Å². The molecule has 0 aromatic heterocycles. The van der Waals surface area contributed by atoms with Gasteiger partial charge in [-0.25, -0.2) is 0 Å². The third-order valence-corrected chi connectivity index (χ3v) is 5.01. The van der Waals surface area contributed by atoms with Gasteiger partial charge in [0.2, 0.25) is 5.91 Å². The van der Waals surface area contributed by atoms with Crippen molar-refractivity contribution in [2.75, 3.05) is 25.4 Å². The van der Waals surface area contributed by atoms with Crippen LogP contribution in [0.25, 0.3) is 0 Å². The molecular formula is C19H33Cl2N3O. The zero-order valence-corrected chi connectivity index (χ0v) is 17.2. The average Bonchev–Trinajstić information content (AvgIpc) is 2.55. The Morgan fingerprint density at radius 2 is 1.92 bits per heavy atom. The van der Waals surface area contributed by atoms with Crippen molar-refractivity contribution < 1.29 is 4.79 Å². The molecule has 2 rings (SSSR count). The number of anilines is 1. The van der Waals surface area contributed by atoms with Crippen LogP contribution in [-0.4, -0.2) is 36.0 Å². The van der Waals surface area contributed by atoms with Gasteiger partial charge in [0.15, 0.2) is 0 Å². The second-order valence-electron chi connectivity index (χ2n) is 7.37. The lowest BCUT2D eigenvalue weighted by molar-refractivity contribution is -0.121. The van der Waals surface area contributed by atoms with Crippen LogP contribution in [0.3, 0.4) is 0 Å². The maximum Gasteiger partial charge on any atom is 0.224 e. The van der Waals surface area contributed by atoms with Crippen molar-refractivity contribution in [2.45, 2.75) is 52.0 Å². The number of nitrogens with zero attached hydrogens (tertiary/aromatic N) is 1. The third-order valence-electron chi connectivity index (χ3n) is 5.01. The first-order chi connectivity index (χ1) is 10.9. The van der Waals surface area contributed by atoms with E-state index in [4.69, 9.17) is 5.73 Å². The molecule has 0 spiro atoms. The van der Waals surface area contributed by atoms with E-state index >= 15 is 0 Å². The lowest BCUT2D eigenvalue weighted by Crippen LogP contribution is -2.55. The summed E-state index contributed by atoms with van der Waals surface area (Å²) < 4.78 is 0. The highest BCUT2D eigenvalue weighted by Gasteiger charge is 2.31. The van der Waals surface area contributed by atoms with Gasteiger partial charge >= 0.3 is 0 Å². The fraction of sp³-hybridized carbons (Fsp3) is 0.632. The Labute approximate surface area is 164 Å². The minimum absolute atomic E-state index is 0. The van der Waals surface area contributed by atoms with Crippen molar-refractivity contribution >= 4 is 36.4 Å². The van der Waals surface area contributed by atoms with Gasteiger partial charge < -0.3 is 11.1 Å². The monoisotopic (exact) mass is 389 g/mol. The third kappa shape index (κ3) is 7.43.